The predicted molar refractivity (Wildman–Crippen MR) is 109 cm³/mol. The Kier molecular flexibility index (Phi) is 8.31. The van der Waals surface area contributed by atoms with Crippen LogP contribution in [-0.2, 0) is 19.1 Å². The molecule has 1 aliphatic heterocycles. The summed E-state index contributed by atoms with van der Waals surface area (Å²) in [4.78, 5) is 40.9. The van der Waals surface area contributed by atoms with Crippen LogP contribution < -0.4 is 5.32 Å². The molecule has 0 bridgehead atoms. The molecule has 0 aromatic carbocycles. The van der Waals surface area contributed by atoms with Gasteiger partial charge in [-0.05, 0) is 39.5 Å². The number of nitrogens with zero attached hydrogens (tertiary/aromatic N) is 2. The molecule has 8 nitrogen and oxygen atoms in total. The van der Waals surface area contributed by atoms with Crippen LogP contribution in [0.5, 0.6) is 0 Å². The van der Waals surface area contributed by atoms with E-state index in [9.17, 15) is 14.4 Å². The first-order chi connectivity index (χ1) is 13.6. The number of piperazine rings is 1. The first-order valence-corrected chi connectivity index (χ1v) is 10.7. The van der Waals surface area contributed by atoms with E-state index in [1.165, 1.54) is 6.42 Å². The van der Waals surface area contributed by atoms with Crippen molar-refractivity contribution in [1.29, 1.82) is 0 Å². The molecule has 1 saturated heterocycles. The maximum absolute atomic E-state index is 12.4. The largest absolute Gasteiger partial charge is 0.463 e. The van der Waals surface area contributed by atoms with Crippen LogP contribution in [0.25, 0.3) is 0 Å². The highest BCUT2D eigenvalue weighted by Crippen LogP contribution is 2.28. The van der Waals surface area contributed by atoms with Gasteiger partial charge in [0.2, 0.25) is 5.91 Å². The van der Waals surface area contributed by atoms with Crippen molar-refractivity contribution in [2.75, 3.05) is 39.3 Å². The molecule has 29 heavy (non-hydrogen) atoms. The number of esters is 1. The van der Waals surface area contributed by atoms with Gasteiger partial charge in [-0.2, -0.15) is 0 Å². The molecule has 2 amide bonds. The van der Waals surface area contributed by atoms with Crippen LogP contribution in [0.4, 0.5) is 4.79 Å². The summed E-state index contributed by atoms with van der Waals surface area (Å²) in [6.45, 7) is 12.9. The monoisotopic (exact) mass is 411 g/mol. The van der Waals surface area contributed by atoms with Crippen molar-refractivity contribution >= 4 is 18.0 Å². The van der Waals surface area contributed by atoms with Crippen molar-refractivity contribution in [3.8, 4) is 0 Å². The van der Waals surface area contributed by atoms with E-state index >= 15 is 0 Å². The molecule has 8 heteroatoms. The van der Waals surface area contributed by atoms with E-state index < -0.39 is 23.7 Å². The highest BCUT2D eigenvalue weighted by atomic mass is 16.6. The maximum Gasteiger partial charge on any atom is 0.408 e. The Morgan fingerprint density at radius 2 is 1.69 bits per heavy atom. The Hall–Kier alpha value is -1.83. The summed E-state index contributed by atoms with van der Waals surface area (Å²) in [5.41, 5.74) is -0.627. The quantitative estimate of drug-likeness (QED) is 0.645. The third-order valence-corrected chi connectivity index (χ3v) is 5.38. The molecule has 1 saturated carbocycles. The van der Waals surface area contributed by atoms with Gasteiger partial charge in [0.1, 0.15) is 18.2 Å². The predicted octanol–water partition coefficient (Wildman–Crippen LogP) is 2.02. The molecule has 2 rings (SSSR count). The van der Waals surface area contributed by atoms with Crippen LogP contribution in [0.3, 0.4) is 0 Å². The second-order valence-electron chi connectivity index (χ2n) is 9.33. The fraction of sp³-hybridized carbons (Fsp3) is 0.857. The molecule has 0 spiro atoms. The molecule has 1 atom stereocenters. The summed E-state index contributed by atoms with van der Waals surface area (Å²) in [5, 5.41) is 2.61. The van der Waals surface area contributed by atoms with Crippen molar-refractivity contribution in [2.45, 2.75) is 65.5 Å². The number of hydrogen-bond donors (Lipinski definition) is 1. The third kappa shape index (κ3) is 7.49. The Morgan fingerprint density at radius 1 is 1.07 bits per heavy atom. The van der Waals surface area contributed by atoms with E-state index in [2.05, 4.69) is 10.2 Å². The fourth-order valence-corrected chi connectivity index (χ4v) is 3.40. The first kappa shape index (κ1) is 23.4. The summed E-state index contributed by atoms with van der Waals surface area (Å²) < 4.78 is 10.6. The van der Waals surface area contributed by atoms with Gasteiger partial charge in [0.25, 0.3) is 0 Å². The number of ether oxygens (including phenoxy) is 2. The summed E-state index contributed by atoms with van der Waals surface area (Å²) in [6, 6.07) is -0.748. The average molecular weight is 412 g/mol. The number of rotatable bonds is 7. The van der Waals surface area contributed by atoms with E-state index in [0.29, 0.717) is 12.5 Å². The topological polar surface area (TPSA) is 88.2 Å². The van der Waals surface area contributed by atoms with E-state index in [1.54, 1.807) is 20.8 Å². The minimum atomic E-state index is -0.748. The first-order valence-electron chi connectivity index (χ1n) is 10.7. The summed E-state index contributed by atoms with van der Waals surface area (Å²) >= 11 is 0. The lowest BCUT2D eigenvalue weighted by Gasteiger charge is -2.38. The van der Waals surface area contributed by atoms with Crippen molar-refractivity contribution in [2.24, 2.45) is 11.8 Å². The lowest BCUT2D eigenvalue weighted by molar-refractivity contribution is -0.148. The van der Waals surface area contributed by atoms with Crippen molar-refractivity contribution in [3.63, 3.8) is 0 Å². The van der Waals surface area contributed by atoms with Crippen LogP contribution in [0.15, 0.2) is 0 Å². The summed E-state index contributed by atoms with van der Waals surface area (Å²) in [6.07, 6.45) is 2.61. The van der Waals surface area contributed by atoms with Gasteiger partial charge in [0.15, 0.2) is 0 Å². The Labute approximate surface area is 174 Å². The Bertz CT molecular complexity index is 575. The molecule has 0 aromatic heterocycles. The van der Waals surface area contributed by atoms with Crippen LogP contribution in [0, 0.1) is 11.8 Å². The third-order valence-electron chi connectivity index (χ3n) is 5.38. The molecular weight excluding hydrogens is 374 g/mol. The van der Waals surface area contributed by atoms with Gasteiger partial charge >= 0.3 is 12.1 Å². The molecule has 1 heterocycles. The lowest BCUT2D eigenvalue weighted by atomic mass is 9.84. The van der Waals surface area contributed by atoms with E-state index in [-0.39, 0.29) is 18.4 Å². The number of alkyl carbamates (subject to hydrolysis) is 1. The minimum absolute atomic E-state index is 0.115. The van der Waals surface area contributed by atoms with E-state index in [1.807, 2.05) is 18.7 Å². The van der Waals surface area contributed by atoms with E-state index in [4.69, 9.17) is 9.47 Å². The highest BCUT2D eigenvalue weighted by molar-refractivity contribution is 5.81. The number of amides is 2. The molecule has 1 aliphatic carbocycles. The van der Waals surface area contributed by atoms with Gasteiger partial charge in [-0.15, -0.1) is 0 Å². The smallest absolute Gasteiger partial charge is 0.408 e. The van der Waals surface area contributed by atoms with Crippen LogP contribution >= 0.6 is 0 Å². The van der Waals surface area contributed by atoms with Gasteiger partial charge in [-0.25, -0.2) is 9.59 Å². The van der Waals surface area contributed by atoms with Crippen LogP contribution in [-0.4, -0.2) is 78.7 Å². The molecule has 1 N–H and O–H groups in total. The minimum Gasteiger partial charge on any atom is -0.463 e. The van der Waals surface area contributed by atoms with Crippen LogP contribution in [0.1, 0.15) is 53.9 Å². The standard InChI is InChI=1S/C21H37N3O5/c1-15(2)17(22-20(27)29-21(3,4)5)19(26)28-14-13-23-9-11-24(12-10-23)18(25)16-7-6-8-16/h15-17H,6-14H2,1-5H3,(H,22,27). The van der Waals surface area contributed by atoms with Gasteiger partial charge in [0.05, 0.1) is 0 Å². The fourth-order valence-electron chi connectivity index (χ4n) is 3.40. The average Bonchev–Trinajstić information content (AvgIpc) is 2.56. The highest BCUT2D eigenvalue weighted by Gasteiger charge is 2.31. The summed E-state index contributed by atoms with van der Waals surface area (Å²) in [7, 11) is 0. The number of nitrogens with one attached hydrogen (secondary N) is 1. The molecule has 166 valence electrons. The maximum atomic E-state index is 12.4. The number of hydrogen-bond acceptors (Lipinski definition) is 6. The molecule has 0 radical (unpaired) electrons. The molecule has 0 aromatic rings. The number of carbonyl (C=O) groups is 3. The van der Waals surface area contributed by atoms with Crippen LogP contribution in [0.2, 0.25) is 0 Å². The molecule has 2 fully saturated rings. The van der Waals surface area contributed by atoms with Crippen molar-refractivity contribution in [3.05, 3.63) is 0 Å². The molecule has 1 unspecified atom stereocenters. The van der Waals surface area contributed by atoms with Crippen molar-refractivity contribution < 1.29 is 23.9 Å². The van der Waals surface area contributed by atoms with Gasteiger partial charge in [-0.3, -0.25) is 9.69 Å². The molecule has 2 aliphatic rings. The van der Waals surface area contributed by atoms with E-state index in [0.717, 1.165) is 39.0 Å². The zero-order chi connectivity index (χ0) is 21.6. The lowest BCUT2D eigenvalue weighted by Crippen LogP contribution is -2.52. The molecular formula is C21H37N3O5. The normalized spacial score (nSPS) is 19.4. The Balaban J connectivity index is 1.69. The number of carbonyl (C=O) groups excluding carboxylic acids is 3. The zero-order valence-corrected chi connectivity index (χ0v) is 18.5. The zero-order valence-electron chi connectivity index (χ0n) is 18.5. The van der Waals surface area contributed by atoms with Gasteiger partial charge in [0, 0.05) is 38.6 Å². The SMILES string of the molecule is CC(C)C(NC(=O)OC(C)(C)C)C(=O)OCCN1CCN(C(=O)C2CCC2)CC1. The Morgan fingerprint density at radius 3 is 2.17 bits per heavy atom. The summed E-state index contributed by atoms with van der Waals surface area (Å²) in [5.74, 6) is -0.0241. The van der Waals surface area contributed by atoms with Gasteiger partial charge in [-0.1, -0.05) is 20.3 Å². The second kappa shape index (κ2) is 10.3. The van der Waals surface area contributed by atoms with Gasteiger partial charge < -0.3 is 19.7 Å². The van der Waals surface area contributed by atoms with Crippen molar-refractivity contribution in [1.82, 2.24) is 15.1 Å². The second-order valence-corrected chi connectivity index (χ2v) is 9.33.